The minimum Gasteiger partial charge on any atom is -0.336 e. The molecule has 1 aliphatic heterocycles. The highest BCUT2D eigenvalue weighted by molar-refractivity contribution is 7.89. The Morgan fingerprint density at radius 1 is 1.11 bits per heavy atom. The Bertz CT molecular complexity index is 775. The van der Waals surface area contributed by atoms with Gasteiger partial charge in [0.15, 0.2) is 6.04 Å². The van der Waals surface area contributed by atoms with E-state index in [1.54, 1.807) is 32.9 Å². The normalized spacial score (nSPS) is 17.5. The van der Waals surface area contributed by atoms with Gasteiger partial charge in [0, 0.05) is 11.1 Å². The maximum absolute atomic E-state index is 12.7. The predicted octanol–water partition coefficient (Wildman–Crippen LogP) is -0.148. The Labute approximate surface area is 164 Å². The number of nitrogens with zero attached hydrogens (tertiary/aromatic N) is 1. The molecule has 1 aliphatic rings. The second-order valence-corrected chi connectivity index (χ2v) is 9.23. The molecule has 0 spiro atoms. The lowest BCUT2D eigenvalue weighted by molar-refractivity contribution is -0.917. The van der Waals surface area contributed by atoms with E-state index in [1.807, 2.05) is 0 Å². The monoisotopic (exact) mass is 417 g/mol. The van der Waals surface area contributed by atoms with Gasteiger partial charge in [-0.3, -0.25) is 10.1 Å². The zero-order chi connectivity index (χ0) is 20.2. The largest absolute Gasteiger partial charge is 0.336 e. The minimum absolute atomic E-state index is 0.0675. The van der Waals surface area contributed by atoms with Crippen LogP contribution in [0.25, 0.3) is 0 Å². The lowest BCUT2D eigenvalue weighted by Gasteiger charge is -2.34. The van der Waals surface area contributed by atoms with E-state index in [1.165, 1.54) is 16.4 Å². The molecule has 0 aliphatic carbocycles. The smallest absolute Gasteiger partial charge is 0.321 e. The van der Waals surface area contributed by atoms with Crippen molar-refractivity contribution < 1.29 is 22.9 Å². The molecule has 0 aromatic heterocycles. The van der Waals surface area contributed by atoms with Crippen LogP contribution in [0.15, 0.2) is 29.2 Å². The summed E-state index contributed by atoms with van der Waals surface area (Å²) in [6, 6.07) is 5.02. The van der Waals surface area contributed by atoms with Gasteiger partial charge < -0.3 is 10.2 Å². The highest BCUT2D eigenvalue weighted by Crippen LogP contribution is 2.18. The van der Waals surface area contributed by atoms with Gasteiger partial charge in [0.1, 0.15) is 0 Å². The topological polar surface area (TPSA) is 100 Å². The number of nitrogens with one attached hydrogen (secondary N) is 3. The number of imide groups is 1. The van der Waals surface area contributed by atoms with Gasteiger partial charge in [0.05, 0.1) is 31.1 Å². The van der Waals surface area contributed by atoms with Crippen LogP contribution in [0.5, 0.6) is 0 Å². The maximum Gasteiger partial charge on any atom is 0.321 e. The third kappa shape index (κ3) is 5.65. The number of benzene rings is 1. The van der Waals surface area contributed by atoms with E-state index in [9.17, 15) is 18.0 Å². The molecule has 2 rings (SSSR count). The maximum atomic E-state index is 12.7. The number of hydrogen-bond acceptors (Lipinski definition) is 4. The molecule has 0 bridgehead atoms. The summed E-state index contributed by atoms with van der Waals surface area (Å²) in [5.41, 5.74) is 0. The van der Waals surface area contributed by atoms with Gasteiger partial charge in [-0.15, -0.1) is 0 Å². The molecular formula is C17H26ClN4O4S+. The highest BCUT2D eigenvalue weighted by Gasteiger charge is 2.34. The summed E-state index contributed by atoms with van der Waals surface area (Å²) in [5, 5.41) is 5.41. The Kier molecular flexibility index (Phi) is 7.21. The molecule has 1 aromatic carbocycles. The first kappa shape index (κ1) is 21.6. The first-order valence-electron chi connectivity index (χ1n) is 8.83. The van der Waals surface area contributed by atoms with Gasteiger partial charge in [-0.25, -0.2) is 13.2 Å². The number of carbonyl (C=O) groups excluding carboxylic acids is 2. The van der Waals surface area contributed by atoms with Crippen LogP contribution in [0.1, 0.15) is 20.8 Å². The number of quaternary nitrogens is 1. The molecule has 0 saturated carbocycles. The first-order valence-corrected chi connectivity index (χ1v) is 10.6. The van der Waals surface area contributed by atoms with Crippen molar-refractivity contribution in [1.29, 1.82) is 0 Å². The Morgan fingerprint density at radius 2 is 1.67 bits per heavy atom. The van der Waals surface area contributed by atoms with Crippen LogP contribution in [-0.4, -0.2) is 62.9 Å². The number of hydrogen-bond donors (Lipinski definition) is 3. The molecule has 3 amide bonds. The molecule has 1 atom stereocenters. The fourth-order valence-corrected chi connectivity index (χ4v) is 4.47. The predicted molar refractivity (Wildman–Crippen MR) is 102 cm³/mol. The lowest BCUT2D eigenvalue weighted by atomic mass is 10.2. The van der Waals surface area contributed by atoms with Crippen LogP contribution in [0.3, 0.4) is 0 Å². The van der Waals surface area contributed by atoms with Crippen molar-refractivity contribution in [3.05, 3.63) is 29.3 Å². The van der Waals surface area contributed by atoms with Crippen LogP contribution < -0.4 is 15.5 Å². The summed E-state index contributed by atoms with van der Waals surface area (Å²) in [7, 11) is -3.58. The number of piperazine rings is 1. The Hall–Kier alpha value is -1.68. The van der Waals surface area contributed by atoms with Gasteiger partial charge in [-0.2, -0.15) is 4.31 Å². The molecular weight excluding hydrogens is 392 g/mol. The zero-order valence-corrected chi connectivity index (χ0v) is 17.2. The Morgan fingerprint density at radius 3 is 2.19 bits per heavy atom. The molecule has 150 valence electrons. The quantitative estimate of drug-likeness (QED) is 0.620. The molecule has 1 aromatic rings. The third-order valence-corrected chi connectivity index (χ3v) is 6.64. The fourth-order valence-electron chi connectivity index (χ4n) is 2.91. The summed E-state index contributed by atoms with van der Waals surface area (Å²) >= 11 is 5.82. The van der Waals surface area contributed by atoms with E-state index < -0.39 is 22.1 Å². The van der Waals surface area contributed by atoms with Crippen LogP contribution in [0.4, 0.5) is 4.79 Å². The number of carbonyl (C=O) groups is 2. The van der Waals surface area contributed by atoms with E-state index in [-0.39, 0.29) is 16.8 Å². The molecule has 1 heterocycles. The molecule has 0 radical (unpaired) electrons. The van der Waals surface area contributed by atoms with E-state index in [2.05, 4.69) is 10.6 Å². The summed E-state index contributed by atoms with van der Waals surface area (Å²) in [5.74, 6) is -0.378. The van der Waals surface area contributed by atoms with Gasteiger partial charge >= 0.3 is 6.03 Å². The van der Waals surface area contributed by atoms with Gasteiger partial charge in [0.2, 0.25) is 10.0 Å². The van der Waals surface area contributed by atoms with Crippen molar-refractivity contribution in [3.63, 3.8) is 0 Å². The summed E-state index contributed by atoms with van der Waals surface area (Å²) in [6.45, 7) is 6.90. The molecule has 1 fully saturated rings. The molecule has 0 unspecified atom stereocenters. The second-order valence-electron chi connectivity index (χ2n) is 6.86. The lowest BCUT2D eigenvalue weighted by Crippen LogP contribution is -3.19. The molecule has 10 heteroatoms. The van der Waals surface area contributed by atoms with Crippen molar-refractivity contribution in [2.24, 2.45) is 0 Å². The van der Waals surface area contributed by atoms with Gasteiger partial charge in [0.25, 0.3) is 5.91 Å². The number of urea groups is 1. The van der Waals surface area contributed by atoms with Crippen molar-refractivity contribution >= 4 is 33.6 Å². The molecule has 8 nitrogen and oxygen atoms in total. The molecule has 3 N–H and O–H groups in total. The molecule has 27 heavy (non-hydrogen) atoms. The van der Waals surface area contributed by atoms with Crippen LogP contribution >= 0.6 is 11.6 Å². The molecule has 1 saturated heterocycles. The van der Waals surface area contributed by atoms with Crippen LogP contribution in [0, 0.1) is 0 Å². The second kappa shape index (κ2) is 9.01. The van der Waals surface area contributed by atoms with Gasteiger partial charge in [-0.1, -0.05) is 11.6 Å². The van der Waals surface area contributed by atoms with Crippen LogP contribution in [-0.2, 0) is 14.8 Å². The average molecular weight is 418 g/mol. The summed E-state index contributed by atoms with van der Waals surface area (Å²) in [6.07, 6.45) is 0. The Balaban J connectivity index is 1.93. The van der Waals surface area contributed by atoms with E-state index >= 15 is 0 Å². The van der Waals surface area contributed by atoms with Crippen molar-refractivity contribution in [2.75, 3.05) is 26.2 Å². The average Bonchev–Trinajstić information content (AvgIpc) is 2.60. The van der Waals surface area contributed by atoms with Gasteiger partial charge in [-0.05, 0) is 45.0 Å². The van der Waals surface area contributed by atoms with E-state index in [0.29, 0.717) is 31.2 Å². The number of rotatable bonds is 5. The number of sulfonamides is 1. The van der Waals surface area contributed by atoms with E-state index in [4.69, 9.17) is 11.6 Å². The fraction of sp³-hybridized carbons (Fsp3) is 0.529. The van der Waals surface area contributed by atoms with Crippen molar-refractivity contribution in [3.8, 4) is 0 Å². The standard InChI is InChI=1S/C17H25ClN4O4S/c1-12(2)19-17(24)20-16(23)13(3)21-8-10-22(11-9-21)27(25,26)15-6-4-14(18)5-7-15/h4-7,12-13H,8-11H2,1-3H3,(H2,19,20,23,24)/p+1/t13-/m0/s1. The van der Waals surface area contributed by atoms with E-state index in [0.717, 1.165) is 4.90 Å². The highest BCUT2D eigenvalue weighted by atomic mass is 35.5. The van der Waals surface area contributed by atoms with Crippen molar-refractivity contribution in [1.82, 2.24) is 14.9 Å². The zero-order valence-electron chi connectivity index (χ0n) is 15.7. The summed E-state index contributed by atoms with van der Waals surface area (Å²) < 4.78 is 26.8. The summed E-state index contributed by atoms with van der Waals surface area (Å²) in [4.78, 5) is 25.0. The third-order valence-electron chi connectivity index (χ3n) is 4.48. The minimum atomic E-state index is -3.58. The van der Waals surface area contributed by atoms with Crippen molar-refractivity contribution in [2.45, 2.75) is 37.8 Å². The van der Waals surface area contributed by atoms with Crippen LogP contribution in [0.2, 0.25) is 5.02 Å². The first-order chi connectivity index (χ1) is 12.6. The number of amides is 3. The number of halogens is 1. The SMILES string of the molecule is CC(C)NC(=O)NC(=O)[C@H](C)[NH+]1CCN(S(=O)(=O)c2ccc(Cl)cc2)CC1.